The molecule has 2 aliphatic rings. The van der Waals surface area contributed by atoms with Crippen LogP contribution in [0.25, 0.3) is 10.9 Å². The molecule has 0 N–H and O–H groups in total. The third-order valence-corrected chi connectivity index (χ3v) is 16.2. The van der Waals surface area contributed by atoms with Gasteiger partial charge in [-0.2, -0.15) is 9.97 Å². The lowest BCUT2D eigenvalue weighted by Crippen LogP contribution is -2.67. The van der Waals surface area contributed by atoms with Gasteiger partial charge in [0.1, 0.15) is 17.1 Å². The topological polar surface area (TPSA) is 60.4 Å². The fourth-order valence-electron chi connectivity index (χ4n) is 7.58. The van der Waals surface area contributed by atoms with E-state index in [4.69, 9.17) is 25.7 Å². The van der Waals surface area contributed by atoms with E-state index in [0.717, 1.165) is 37.9 Å². The predicted octanol–water partition coefficient (Wildman–Crippen LogP) is 7.67. The second-order valence-corrected chi connectivity index (χ2v) is 19.5. The minimum atomic E-state index is -2.72. The van der Waals surface area contributed by atoms with Crippen LogP contribution in [0.3, 0.4) is 0 Å². The summed E-state index contributed by atoms with van der Waals surface area (Å²) in [7, 11) is -2.72. The van der Waals surface area contributed by atoms with Crippen molar-refractivity contribution in [2.45, 2.75) is 67.5 Å². The first kappa shape index (κ1) is 33.2. The van der Waals surface area contributed by atoms with Crippen LogP contribution in [0.1, 0.15) is 45.6 Å². The van der Waals surface area contributed by atoms with E-state index >= 15 is 4.39 Å². The molecular formula is C38H40ClFN4O2SSi. The van der Waals surface area contributed by atoms with Crippen molar-refractivity contribution in [2.24, 2.45) is 0 Å². The van der Waals surface area contributed by atoms with Gasteiger partial charge in [-0.15, -0.1) is 11.8 Å². The van der Waals surface area contributed by atoms with Crippen LogP contribution in [0.5, 0.6) is 6.01 Å². The van der Waals surface area contributed by atoms with Crippen LogP contribution >= 0.6 is 23.4 Å². The van der Waals surface area contributed by atoms with E-state index in [-0.39, 0.29) is 33.4 Å². The van der Waals surface area contributed by atoms with Gasteiger partial charge < -0.3 is 9.16 Å². The van der Waals surface area contributed by atoms with E-state index in [0.29, 0.717) is 22.8 Å². The van der Waals surface area contributed by atoms with E-state index in [1.165, 1.54) is 22.1 Å². The van der Waals surface area contributed by atoms with Gasteiger partial charge in [-0.25, -0.2) is 9.37 Å². The summed E-state index contributed by atoms with van der Waals surface area (Å²) in [5.41, 5.74) is 1.04. The standard InChI is InChI=1S/C38H40ClFN4O2SSi/c1-37(2,3)48(29-16-9-5-10-17-29,30-18-11-6-12-19-30)46-28-22-38(20-13-21-44(38)24-28)26-45-36-42-33-31(23-41-34(39)32(33)40)35(43-36)47-25-27-14-7-4-8-15-27/h4-12,14-19,23,28H,13,20-22,24-26H2,1-3H3/t28-,38+/m1/s1. The number of rotatable bonds is 10. The van der Waals surface area contributed by atoms with Crippen molar-refractivity contribution < 1.29 is 13.6 Å². The molecule has 2 aliphatic heterocycles. The quantitative estimate of drug-likeness (QED) is 0.0642. The monoisotopic (exact) mass is 698 g/mol. The van der Waals surface area contributed by atoms with Gasteiger partial charge in [0.25, 0.3) is 8.32 Å². The number of hydrogen-bond donors (Lipinski definition) is 0. The summed E-state index contributed by atoms with van der Waals surface area (Å²) >= 11 is 7.60. The van der Waals surface area contributed by atoms with Gasteiger partial charge in [-0.1, -0.05) is 123 Å². The third kappa shape index (κ3) is 6.27. The fraction of sp³-hybridized carbons (Fsp3) is 0.342. The van der Waals surface area contributed by atoms with Crippen LogP contribution in [-0.2, 0) is 10.2 Å². The molecule has 10 heteroatoms. The highest BCUT2D eigenvalue weighted by molar-refractivity contribution is 7.98. The molecular weight excluding hydrogens is 659 g/mol. The zero-order valence-corrected chi connectivity index (χ0v) is 30.1. The highest BCUT2D eigenvalue weighted by atomic mass is 35.5. The molecule has 0 unspecified atom stereocenters. The number of halogens is 2. The molecule has 7 rings (SSSR count). The molecule has 2 saturated heterocycles. The predicted molar refractivity (Wildman–Crippen MR) is 194 cm³/mol. The smallest absolute Gasteiger partial charge is 0.318 e. The summed E-state index contributed by atoms with van der Waals surface area (Å²) < 4.78 is 29.3. The van der Waals surface area contributed by atoms with E-state index < -0.39 is 14.1 Å². The Bertz CT molecular complexity index is 1840. The van der Waals surface area contributed by atoms with E-state index in [1.807, 2.05) is 18.2 Å². The summed E-state index contributed by atoms with van der Waals surface area (Å²) in [6, 6.07) is 31.9. The molecule has 3 aromatic carbocycles. The Morgan fingerprint density at radius 3 is 2.25 bits per heavy atom. The second-order valence-electron chi connectivity index (χ2n) is 13.9. The first-order chi connectivity index (χ1) is 23.2. The minimum Gasteiger partial charge on any atom is -0.461 e. The van der Waals surface area contributed by atoms with Gasteiger partial charge >= 0.3 is 6.01 Å². The van der Waals surface area contributed by atoms with Crippen molar-refractivity contribution >= 4 is 53.0 Å². The second kappa shape index (κ2) is 13.5. The maximum absolute atomic E-state index is 15.3. The Hall–Kier alpha value is -3.34. The van der Waals surface area contributed by atoms with E-state index in [2.05, 4.69) is 108 Å². The number of hydrogen-bond acceptors (Lipinski definition) is 7. The number of aromatic nitrogens is 3. The van der Waals surface area contributed by atoms with E-state index in [1.54, 1.807) is 6.20 Å². The first-order valence-electron chi connectivity index (χ1n) is 16.5. The molecule has 4 heterocycles. The van der Waals surface area contributed by atoms with Gasteiger partial charge in [0.15, 0.2) is 11.0 Å². The van der Waals surface area contributed by atoms with Gasteiger partial charge in [0.2, 0.25) is 0 Å². The number of nitrogens with zero attached hydrogens (tertiary/aromatic N) is 4. The maximum Gasteiger partial charge on any atom is 0.318 e. The van der Waals surface area contributed by atoms with Gasteiger partial charge in [0, 0.05) is 18.5 Å². The highest BCUT2D eigenvalue weighted by Gasteiger charge is 2.56. The Morgan fingerprint density at radius 1 is 0.958 bits per heavy atom. The van der Waals surface area contributed by atoms with Crippen LogP contribution < -0.4 is 15.1 Å². The molecule has 0 radical (unpaired) electrons. The van der Waals surface area contributed by atoms with Crippen molar-refractivity contribution in [3.8, 4) is 6.01 Å². The average Bonchev–Trinajstić information content (AvgIpc) is 3.64. The molecule has 0 saturated carbocycles. The largest absolute Gasteiger partial charge is 0.461 e. The number of benzene rings is 3. The Labute approximate surface area is 292 Å². The van der Waals surface area contributed by atoms with Crippen LogP contribution in [0.4, 0.5) is 4.39 Å². The summed E-state index contributed by atoms with van der Waals surface area (Å²) in [4.78, 5) is 15.9. The number of thioether (sulfide) groups is 1. The Morgan fingerprint density at radius 2 is 1.60 bits per heavy atom. The molecule has 248 valence electrons. The molecule has 2 aromatic heterocycles. The lowest BCUT2D eigenvalue weighted by molar-refractivity contribution is 0.106. The summed E-state index contributed by atoms with van der Waals surface area (Å²) in [6.07, 6.45) is 4.48. The molecule has 2 fully saturated rings. The molecule has 6 nitrogen and oxygen atoms in total. The van der Waals surface area contributed by atoms with Gasteiger partial charge in [-0.3, -0.25) is 4.90 Å². The van der Waals surface area contributed by atoms with Crippen molar-refractivity contribution in [1.29, 1.82) is 0 Å². The molecule has 5 aromatic rings. The minimum absolute atomic E-state index is 0.0250. The fourth-order valence-corrected chi connectivity index (χ4v) is 13.3. The van der Waals surface area contributed by atoms with Crippen molar-refractivity contribution in [1.82, 2.24) is 19.9 Å². The molecule has 0 bridgehead atoms. The third-order valence-electron chi connectivity index (χ3n) is 9.81. The van der Waals surface area contributed by atoms with Gasteiger partial charge in [0.05, 0.1) is 17.0 Å². The Kier molecular flexibility index (Phi) is 9.34. The first-order valence-corrected chi connectivity index (χ1v) is 19.8. The normalized spacial score (nSPS) is 19.9. The van der Waals surface area contributed by atoms with Crippen LogP contribution in [-0.4, -0.2) is 59.5 Å². The van der Waals surface area contributed by atoms with Crippen LogP contribution in [0.15, 0.2) is 102 Å². The van der Waals surface area contributed by atoms with Crippen LogP contribution in [0.2, 0.25) is 10.2 Å². The number of ether oxygens (including phenoxy) is 1. The molecule has 0 spiro atoms. The van der Waals surface area contributed by atoms with E-state index in [9.17, 15) is 0 Å². The van der Waals surface area contributed by atoms with Gasteiger partial charge in [-0.05, 0) is 46.8 Å². The highest BCUT2D eigenvalue weighted by Crippen LogP contribution is 2.44. The Balaban J connectivity index is 1.17. The zero-order chi connectivity index (χ0) is 33.4. The number of fused-ring (bicyclic) bond motifs is 2. The average molecular weight is 699 g/mol. The molecule has 0 aliphatic carbocycles. The lowest BCUT2D eigenvalue weighted by atomic mass is 9.94. The van der Waals surface area contributed by atoms with Crippen molar-refractivity contribution in [3.05, 3.63) is 114 Å². The van der Waals surface area contributed by atoms with Crippen LogP contribution in [0, 0.1) is 5.82 Å². The summed E-state index contributed by atoms with van der Waals surface area (Å²) in [6.45, 7) is 9.16. The van der Waals surface area contributed by atoms with Crippen molar-refractivity contribution in [3.63, 3.8) is 0 Å². The summed E-state index contributed by atoms with van der Waals surface area (Å²) in [5, 5.41) is 3.36. The molecule has 2 atom stereocenters. The number of pyridine rings is 1. The van der Waals surface area contributed by atoms with Crippen molar-refractivity contribution in [2.75, 3.05) is 19.7 Å². The zero-order valence-electron chi connectivity index (χ0n) is 27.5. The maximum atomic E-state index is 15.3. The molecule has 48 heavy (non-hydrogen) atoms. The molecule has 0 amide bonds. The summed E-state index contributed by atoms with van der Waals surface area (Å²) in [5.74, 6) is -0.00132. The SMILES string of the molecule is CC(C)(C)[Si](O[C@H]1CN2CCC[C@@]2(COc2nc(SCc3ccccc3)c3cnc(Cl)c(F)c3n2)C1)(c1ccccc1)c1ccccc1. The lowest BCUT2D eigenvalue weighted by Gasteiger charge is -2.44.